The van der Waals surface area contributed by atoms with Crippen molar-refractivity contribution in [2.24, 2.45) is 0 Å². The summed E-state index contributed by atoms with van der Waals surface area (Å²) >= 11 is 0. The normalized spacial score (nSPS) is 27.4. The van der Waals surface area contributed by atoms with E-state index in [1.807, 2.05) is 6.07 Å². The molecule has 186 valence electrons. The Morgan fingerprint density at radius 3 is 2.66 bits per heavy atom. The molecule has 0 radical (unpaired) electrons. The minimum atomic E-state index is -3.04. The van der Waals surface area contributed by atoms with Crippen LogP contribution in [0.3, 0.4) is 0 Å². The molecule has 0 aliphatic carbocycles. The highest BCUT2D eigenvalue weighted by Crippen LogP contribution is 2.47. The first-order chi connectivity index (χ1) is 16.6. The lowest BCUT2D eigenvalue weighted by atomic mass is 9.89. The largest absolute Gasteiger partial charge is 0.507 e. The molecule has 2 amide bonds. The van der Waals surface area contributed by atoms with E-state index in [0.717, 1.165) is 16.9 Å². The van der Waals surface area contributed by atoms with Crippen molar-refractivity contribution in [1.29, 1.82) is 0 Å². The molecule has 3 aliphatic rings. The van der Waals surface area contributed by atoms with Gasteiger partial charge in [0, 0.05) is 44.1 Å². The molecule has 3 N–H and O–H groups in total. The summed E-state index contributed by atoms with van der Waals surface area (Å²) in [6.45, 7) is 0.612. The summed E-state index contributed by atoms with van der Waals surface area (Å²) in [5.74, 6) is -2.46. The number of aromatic nitrogens is 2. The number of anilines is 1. The maximum absolute atomic E-state index is 14.4. The molecule has 0 spiro atoms. The van der Waals surface area contributed by atoms with Crippen LogP contribution < -0.4 is 10.2 Å². The van der Waals surface area contributed by atoms with Crippen molar-refractivity contribution in [2.75, 3.05) is 18.5 Å². The number of hydrogen-bond acceptors (Lipinski definition) is 6. The number of fused-ring (bicyclic) bond motifs is 2. The van der Waals surface area contributed by atoms with Gasteiger partial charge in [-0.05, 0) is 55.0 Å². The standard InChI is InChI=1S/C24H27F2N5O4/c1-30(15-10-16-12-24(25,26)20(11-15)31(16)23(34)35)21-5-4-18(28-29-21)17-3-2-13(8-19(17)32)14-6-7-27-22(33)9-14/h2-5,8,14-16,20,32H,6-7,9-12H2,1H3,(H,27,33)(H,34,35)/t14?,15-,16+,20-/m1/s1. The third-order valence-electron chi connectivity index (χ3n) is 7.56. The Balaban J connectivity index is 1.30. The molecule has 35 heavy (non-hydrogen) atoms. The summed E-state index contributed by atoms with van der Waals surface area (Å²) in [4.78, 5) is 25.9. The van der Waals surface area contributed by atoms with Crippen LogP contribution in [-0.2, 0) is 4.79 Å². The first kappa shape index (κ1) is 23.3. The maximum Gasteiger partial charge on any atom is 0.408 e. The molecule has 4 heterocycles. The van der Waals surface area contributed by atoms with E-state index < -0.39 is 30.5 Å². The van der Waals surface area contributed by atoms with Crippen molar-refractivity contribution < 1.29 is 28.6 Å². The molecule has 9 nitrogen and oxygen atoms in total. The van der Waals surface area contributed by atoms with Crippen molar-refractivity contribution in [1.82, 2.24) is 20.4 Å². The van der Waals surface area contributed by atoms with E-state index in [1.54, 1.807) is 36.2 Å². The van der Waals surface area contributed by atoms with Crippen molar-refractivity contribution >= 4 is 17.8 Å². The number of phenolic OH excluding ortho intramolecular Hbond substituents is 1. The summed E-state index contributed by atoms with van der Waals surface area (Å²) in [7, 11) is 1.74. The van der Waals surface area contributed by atoms with Crippen LogP contribution in [0.1, 0.15) is 43.6 Å². The smallest absolute Gasteiger partial charge is 0.408 e. The van der Waals surface area contributed by atoms with E-state index in [1.165, 1.54) is 0 Å². The first-order valence-corrected chi connectivity index (χ1v) is 11.7. The number of carboxylic acid groups (broad SMARTS) is 1. The summed E-state index contributed by atoms with van der Waals surface area (Å²) in [6.07, 6.45) is -0.264. The number of alkyl halides is 2. The highest BCUT2D eigenvalue weighted by Gasteiger charge is 2.59. The van der Waals surface area contributed by atoms with Crippen LogP contribution in [0.4, 0.5) is 19.4 Å². The third-order valence-corrected chi connectivity index (χ3v) is 7.56. The van der Waals surface area contributed by atoms with Gasteiger partial charge in [-0.2, -0.15) is 0 Å². The molecule has 2 bridgehead atoms. The number of nitrogens with one attached hydrogen (secondary N) is 1. The Kier molecular flexibility index (Phi) is 5.72. The number of aromatic hydroxyl groups is 1. The average molecular weight is 488 g/mol. The number of piperidine rings is 2. The minimum absolute atomic E-state index is 0.000695. The second-order valence-electron chi connectivity index (χ2n) is 9.65. The molecule has 2 aromatic rings. The van der Waals surface area contributed by atoms with Crippen LogP contribution in [0.2, 0.25) is 0 Å². The van der Waals surface area contributed by atoms with Gasteiger partial charge in [0.05, 0.1) is 5.69 Å². The summed E-state index contributed by atoms with van der Waals surface area (Å²) in [5.41, 5.74) is 1.85. The minimum Gasteiger partial charge on any atom is -0.507 e. The van der Waals surface area contributed by atoms with Crippen molar-refractivity contribution in [3.8, 4) is 17.0 Å². The van der Waals surface area contributed by atoms with Gasteiger partial charge in [-0.25, -0.2) is 13.6 Å². The number of halogens is 2. The van der Waals surface area contributed by atoms with E-state index in [0.29, 0.717) is 36.5 Å². The molecule has 4 atom stereocenters. The van der Waals surface area contributed by atoms with Crippen molar-refractivity contribution in [3.05, 3.63) is 35.9 Å². The molecule has 5 rings (SSSR count). The molecule has 1 unspecified atom stereocenters. The maximum atomic E-state index is 14.4. The van der Waals surface area contributed by atoms with E-state index in [9.17, 15) is 28.6 Å². The van der Waals surface area contributed by atoms with Gasteiger partial charge < -0.3 is 20.4 Å². The molecule has 3 saturated heterocycles. The van der Waals surface area contributed by atoms with Crippen LogP contribution >= 0.6 is 0 Å². The average Bonchev–Trinajstić information content (AvgIpc) is 2.99. The third kappa shape index (κ3) is 4.23. The Morgan fingerprint density at radius 1 is 1.23 bits per heavy atom. The van der Waals surface area contributed by atoms with Crippen LogP contribution in [0.15, 0.2) is 30.3 Å². The Labute approximate surface area is 200 Å². The number of carbonyl (C=O) groups is 2. The van der Waals surface area contributed by atoms with E-state index in [4.69, 9.17) is 0 Å². The number of benzene rings is 1. The summed E-state index contributed by atoms with van der Waals surface area (Å²) in [5, 5.41) is 31.3. The van der Waals surface area contributed by atoms with Crippen LogP contribution in [0.25, 0.3) is 11.3 Å². The quantitative estimate of drug-likeness (QED) is 0.606. The Morgan fingerprint density at radius 2 is 2.03 bits per heavy atom. The molecule has 3 fully saturated rings. The van der Waals surface area contributed by atoms with Gasteiger partial charge in [-0.3, -0.25) is 9.69 Å². The Bertz CT molecular complexity index is 1150. The molecule has 1 aromatic carbocycles. The number of nitrogens with zero attached hydrogens (tertiary/aromatic N) is 4. The fourth-order valence-electron chi connectivity index (χ4n) is 5.69. The second kappa shape index (κ2) is 8.62. The lowest BCUT2D eigenvalue weighted by molar-refractivity contribution is -0.122. The number of hydrogen-bond donors (Lipinski definition) is 3. The number of phenols is 1. The fourth-order valence-corrected chi connectivity index (χ4v) is 5.69. The molecular formula is C24H27F2N5O4. The van der Waals surface area contributed by atoms with Gasteiger partial charge in [-0.15, -0.1) is 10.2 Å². The number of rotatable bonds is 4. The molecule has 11 heteroatoms. The molecule has 3 aliphatic heterocycles. The van der Waals surface area contributed by atoms with Gasteiger partial charge in [0.2, 0.25) is 5.91 Å². The predicted molar refractivity (Wildman–Crippen MR) is 123 cm³/mol. The monoisotopic (exact) mass is 487 g/mol. The zero-order valence-corrected chi connectivity index (χ0v) is 19.2. The highest BCUT2D eigenvalue weighted by molar-refractivity contribution is 5.78. The van der Waals surface area contributed by atoms with E-state index in [-0.39, 0.29) is 30.0 Å². The highest BCUT2D eigenvalue weighted by atomic mass is 19.3. The van der Waals surface area contributed by atoms with Gasteiger partial charge in [0.25, 0.3) is 5.92 Å². The van der Waals surface area contributed by atoms with Gasteiger partial charge in [-0.1, -0.05) is 6.07 Å². The van der Waals surface area contributed by atoms with Crippen LogP contribution in [0.5, 0.6) is 5.75 Å². The van der Waals surface area contributed by atoms with E-state index >= 15 is 0 Å². The van der Waals surface area contributed by atoms with Crippen LogP contribution in [-0.4, -0.2) is 75.0 Å². The van der Waals surface area contributed by atoms with Gasteiger partial charge in [0.1, 0.15) is 11.8 Å². The molecule has 0 saturated carbocycles. The summed E-state index contributed by atoms with van der Waals surface area (Å²) in [6, 6.07) is 6.34. The topological polar surface area (TPSA) is 119 Å². The summed E-state index contributed by atoms with van der Waals surface area (Å²) < 4.78 is 28.8. The zero-order chi connectivity index (χ0) is 24.9. The Hall–Kier alpha value is -3.50. The predicted octanol–water partition coefficient (Wildman–Crippen LogP) is 3.20. The van der Waals surface area contributed by atoms with Gasteiger partial charge in [0.15, 0.2) is 5.82 Å². The van der Waals surface area contributed by atoms with E-state index in [2.05, 4.69) is 15.5 Å². The van der Waals surface area contributed by atoms with Crippen molar-refractivity contribution in [2.45, 2.75) is 62.1 Å². The van der Waals surface area contributed by atoms with Crippen molar-refractivity contribution in [3.63, 3.8) is 0 Å². The molecular weight excluding hydrogens is 460 g/mol. The number of amides is 2. The van der Waals surface area contributed by atoms with Crippen LogP contribution in [0, 0.1) is 0 Å². The van der Waals surface area contributed by atoms with Gasteiger partial charge >= 0.3 is 6.09 Å². The lowest BCUT2D eigenvalue weighted by Gasteiger charge is -2.41. The lowest BCUT2D eigenvalue weighted by Crippen LogP contribution is -2.54. The first-order valence-electron chi connectivity index (χ1n) is 11.7. The zero-order valence-electron chi connectivity index (χ0n) is 19.2. The second-order valence-corrected chi connectivity index (χ2v) is 9.65. The fraction of sp³-hybridized carbons (Fsp3) is 0.500. The SMILES string of the molecule is CN(c1ccc(-c2ccc(C3CCNC(=O)C3)cc2O)nn1)[C@@H]1C[C@H]2CC(F)(F)[C@@H](C1)N2C(=O)O. The number of carbonyl (C=O) groups excluding carboxylic acids is 1. The molecule has 1 aromatic heterocycles.